The smallest absolute Gasteiger partial charge is 0.231 e. The third kappa shape index (κ3) is 2.30. The minimum Gasteiger partial charge on any atom is -0.339 e. The van der Waals surface area contributed by atoms with E-state index in [-0.39, 0.29) is 6.04 Å². The van der Waals surface area contributed by atoms with Crippen molar-refractivity contribution >= 4 is 0 Å². The van der Waals surface area contributed by atoms with Gasteiger partial charge in [-0.05, 0) is 38.0 Å². The van der Waals surface area contributed by atoms with E-state index in [1.807, 2.05) is 0 Å². The van der Waals surface area contributed by atoms with Gasteiger partial charge >= 0.3 is 0 Å². The van der Waals surface area contributed by atoms with Crippen molar-refractivity contribution in [1.82, 2.24) is 10.1 Å². The largest absolute Gasteiger partial charge is 0.339 e. The van der Waals surface area contributed by atoms with Gasteiger partial charge in [0.2, 0.25) is 5.89 Å². The van der Waals surface area contributed by atoms with Crippen molar-refractivity contribution in [3.8, 4) is 0 Å². The van der Waals surface area contributed by atoms with Gasteiger partial charge < -0.3 is 10.3 Å². The first kappa shape index (κ1) is 12.2. The Morgan fingerprint density at radius 3 is 2.72 bits per heavy atom. The first-order chi connectivity index (χ1) is 8.74. The fourth-order valence-corrected chi connectivity index (χ4v) is 3.47. The van der Waals surface area contributed by atoms with Crippen molar-refractivity contribution in [2.45, 2.75) is 69.7 Å². The van der Waals surface area contributed by atoms with Crippen molar-refractivity contribution in [2.75, 3.05) is 0 Å². The standard InChI is InChI=1S/C14H23N3O/c1-9-6-7-10(8-9)13-16-14(18-17-13)11-4-2-3-5-12(11)15/h9-12H,2-8,15H2,1H3. The highest BCUT2D eigenvalue weighted by Crippen LogP contribution is 2.38. The van der Waals surface area contributed by atoms with Crippen molar-refractivity contribution in [3.63, 3.8) is 0 Å². The van der Waals surface area contributed by atoms with Gasteiger partial charge in [-0.25, -0.2) is 0 Å². The average molecular weight is 249 g/mol. The topological polar surface area (TPSA) is 64.9 Å². The summed E-state index contributed by atoms with van der Waals surface area (Å²) in [4.78, 5) is 4.64. The van der Waals surface area contributed by atoms with Gasteiger partial charge in [0.15, 0.2) is 5.82 Å². The molecule has 100 valence electrons. The van der Waals surface area contributed by atoms with Crippen molar-refractivity contribution in [2.24, 2.45) is 11.7 Å². The third-order valence-corrected chi connectivity index (χ3v) is 4.65. The Morgan fingerprint density at radius 2 is 2.00 bits per heavy atom. The minimum atomic E-state index is 0.203. The zero-order valence-corrected chi connectivity index (χ0v) is 11.1. The first-order valence-electron chi connectivity index (χ1n) is 7.33. The number of nitrogens with two attached hydrogens (primary N) is 1. The summed E-state index contributed by atoms with van der Waals surface area (Å²) in [5.41, 5.74) is 6.17. The van der Waals surface area contributed by atoms with Gasteiger partial charge in [0.25, 0.3) is 0 Å². The van der Waals surface area contributed by atoms with E-state index in [9.17, 15) is 0 Å². The second kappa shape index (κ2) is 5.00. The molecule has 0 amide bonds. The molecule has 4 unspecified atom stereocenters. The van der Waals surface area contributed by atoms with Gasteiger partial charge in [-0.1, -0.05) is 24.9 Å². The van der Waals surface area contributed by atoms with Gasteiger partial charge in [-0.2, -0.15) is 4.98 Å². The molecule has 1 aromatic rings. The molecule has 0 aliphatic heterocycles. The predicted molar refractivity (Wildman–Crippen MR) is 69.2 cm³/mol. The Bertz CT molecular complexity index is 403. The second-order valence-corrected chi connectivity index (χ2v) is 6.16. The number of aromatic nitrogens is 2. The summed E-state index contributed by atoms with van der Waals surface area (Å²) < 4.78 is 5.48. The zero-order valence-electron chi connectivity index (χ0n) is 11.1. The predicted octanol–water partition coefficient (Wildman–Crippen LogP) is 2.96. The highest BCUT2D eigenvalue weighted by atomic mass is 16.5. The van der Waals surface area contributed by atoms with E-state index in [1.54, 1.807) is 0 Å². The highest BCUT2D eigenvalue weighted by molar-refractivity contribution is 5.04. The van der Waals surface area contributed by atoms with Crippen LogP contribution in [0.1, 0.15) is 75.4 Å². The maximum absolute atomic E-state index is 6.17. The Hall–Kier alpha value is -0.900. The van der Waals surface area contributed by atoms with Crippen LogP contribution in [-0.2, 0) is 0 Å². The van der Waals surface area contributed by atoms with E-state index < -0.39 is 0 Å². The molecule has 2 fully saturated rings. The molecule has 2 saturated carbocycles. The molecule has 0 radical (unpaired) electrons. The van der Waals surface area contributed by atoms with Gasteiger partial charge in [0.05, 0.1) is 5.92 Å². The molecule has 2 aliphatic carbocycles. The van der Waals surface area contributed by atoms with Crippen LogP contribution in [0.25, 0.3) is 0 Å². The molecule has 0 spiro atoms. The maximum atomic E-state index is 6.17. The van der Waals surface area contributed by atoms with Crippen molar-refractivity contribution in [1.29, 1.82) is 0 Å². The normalized spacial score (nSPS) is 37.0. The minimum absolute atomic E-state index is 0.203. The summed E-state index contributed by atoms with van der Waals surface area (Å²) in [5, 5.41) is 4.20. The van der Waals surface area contributed by atoms with Crippen LogP contribution in [0.4, 0.5) is 0 Å². The van der Waals surface area contributed by atoms with Crippen LogP contribution in [0, 0.1) is 5.92 Å². The molecule has 1 aromatic heterocycles. The molecular weight excluding hydrogens is 226 g/mol. The summed E-state index contributed by atoms with van der Waals surface area (Å²) in [6, 6.07) is 0.203. The number of nitrogens with zero attached hydrogens (tertiary/aromatic N) is 2. The summed E-state index contributed by atoms with van der Waals surface area (Å²) in [6.45, 7) is 2.30. The molecule has 4 atom stereocenters. The van der Waals surface area contributed by atoms with Gasteiger partial charge in [-0.3, -0.25) is 0 Å². The van der Waals surface area contributed by atoms with Crippen LogP contribution >= 0.6 is 0 Å². The molecule has 3 rings (SSSR count). The lowest BCUT2D eigenvalue weighted by atomic mass is 9.85. The van der Waals surface area contributed by atoms with Crippen molar-refractivity contribution in [3.05, 3.63) is 11.7 Å². The fourth-order valence-electron chi connectivity index (χ4n) is 3.47. The summed E-state index contributed by atoms with van der Waals surface area (Å²) in [6.07, 6.45) is 8.35. The molecule has 0 aromatic carbocycles. The lowest BCUT2D eigenvalue weighted by Gasteiger charge is -2.25. The maximum Gasteiger partial charge on any atom is 0.231 e. The Kier molecular flexibility index (Phi) is 3.37. The van der Waals surface area contributed by atoms with Gasteiger partial charge in [0.1, 0.15) is 0 Å². The van der Waals surface area contributed by atoms with Crippen LogP contribution in [0.15, 0.2) is 4.52 Å². The van der Waals surface area contributed by atoms with Crippen LogP contribution in [0.3, 0.4) is 0 Å². The van der Waals surface area contributed by atoms with E-state index in [0.29, 0.717) is 11.8 Å². The van der Waals surface area contributed by atoms with E-state index in [0.717, 1.165) is 30.5 Å². The molecular formula is C14H23N3O. The Morgan fingerprint density at radius 1 is 1.17 bits per heavy atom. The molecule has 4 heteroatoms. The number of rotatable bonds is 2. The SMILES string of the molecule is CC1CCC(c2noc(C3CCCCC3N)n2)C1. The quantitative estimate of drug-likeness (QED) is 0.875. The summed E-state index contributed by atoms with van der Waals surface area (Å²) >= 11 is 0. The van der Waals surface area contributed by atoms with E-state index in [2.05, 4.69) is 17.1 Å². The highest BCUT2D eigenvalue weighted by Gasteiger charge is 2.31. The molecule has 18 heavy (non-hydrogen) atoms. The average Bonchev–Trinajstić information content (AvgIpc) is 2.98. The van der Waals surface area contributed by atoms with E-state index in [4.69, 9.17) is 10.3 Å². The summed E-state index contributed by atoms with van der Waals surface area (Å²) in [5.74, 6) is 3.31. The second-order valence-electron chi connectivity index (χ2n) is 6.16. The number of hydrogen-bond acceptors (Lipinski definition) is 4. The lowest BCUT2D eigenvalue weighted by Crippen LogP contribution is -2.31. The van der Waals surface area contributed by atoms with E-state index >= 15 is 0 Å². The van der Waals surface area contributed by atoms with Crippen molar-refractivity contribution < 1.29 is 4.52 Å². The summed E-state index contributed by atoms with van der Waals surface area (Å²) in [7, 11) is 0. The van der Waals surface area contributed by atoms with E-state index in [1.165, 1.54) is 32.1 Å². The molecule has 2 N–H and O–H groups in total. The monoisotopic (exact) mass is 249 g/mol. The molecule has 1 heterocycles. The van der Waals surface area contributed by atoms with Crippen LogP contribution in [0.5, 0.6) is 0 Å². The van der Waals surface area contributed by atoms with Gasteiger partial charge in [-0.15, -0.1) is 0 Å². The molecule has 2 aliphatic rings. The third-order valence-electron chi connectivity index (χ3n) is 4.65. The molecule has 0 bridgehead atoms. The lowest BCUT2D eigenvalue weighted by molar-refractivity contribution is 0.288. The fraction of sp³-hybridized carbons (Fsp3) is 0.857. The number of hydrogen-bond donors (Lipinski definition) is 1. The zero-order chi connectivity index (χ0) is 12.5. The molecule has 0 saturated heterocycles. The van der Waals surface area contributed by atoms with Crippen LogP contribution in [-0.4, -0.2) is 16.2 Å². The Labute approximate surface area is 108 Å². The first-order valence-corrected chi connectivity index (χ1v) is 7.33. The van der Waals surface area contributed by atoms with Crippen LogP contribution in [0.2, 0.25) is 0 Å². The molecule has 4 nitrogen and oxygen atoms in total. The van der Waals surface area contributed by atoms with Crippen LogP contribution < -0.4 is 5.73 Å². The Balaban J connectivity index is 1.72. The van der Waals surface area contributed by atoms with Gasteiger partial charge in [0, 0.05) is 12.0 Å².